The van der Waals surface area contributed by atoms with E-state index in [2.05, 4.69) is 6.58 Å². The van der Waals surface area contributed by atoms with Crippen LogP contribution in [0.5, 0.6) is 0 Å². The van der Waals surface area contributed by atoms with Crippen molar-refractivity contribution in [3.05, 3.63) is 24.3 Å². The molecule has 0 heterocycles. The van der Waals surface area contributed by atoms with Crippen LogP contribution in [0.2, 0.25) is 0 Å². The van der Waals surface area contributed by atoms with Gasteiger partial charge in [0.1, 0.15) is 5.78 Å². The van der Waals surface area contributed by atoms with Crippen molar-refractivity contribution in [2.24, 2.45) is 11.3 Å². The molecule has 2 atom stereocenters. The molecule has 90 valence electrons. The van der Waals surface area contributed by atoms with Crippen LogP contribution in [0.4, 0.5) is 0 Å². The van der Waals surface area contributed by atoms with Crippen LogP contribution in [0.25, 0.3) is 0 Å². The van der Waals surface area contributed by atoms with E-state index in [0.717, 1.165) is 12.0 Å². The fraction of sp³-hybridized carbons (Fsp3) is 0.643. The zero-order valence-electron chi connectivity index (χ0n) is 10.7. The molecule has 1 fully saturated rings. The van der Waals surface area contributed by atoms with Crippen molar-refractivity contribution in [3.63, 3.8) is 0 Å². The second-order valence-corrected chi connectivity index (χ2v) is 5.58. The molecule has 0 aromatic rings. The molecule has 1 N–H and O–H groups in total. The number of aliphatic hydroxyl groups is 1. The van der Waals surface area contributed by atoms with Crippen LogP contribution in [0.3, 0.4) is 0 Å². The van der Waals surface area contributed by atoms with E-state index in [0.29, 0.717) is 6.42 Å². The molecule has 1 rings (SSSR count). The van der Waals surface area contributed by atoms with Crippen molar-refractivity contribution in [1.29, 1.82) is 0 Å². The SMILES string of the molecule is C=C(C)/C=C/C1(O)C(C)C(=O)CCC1(C)C. The van der Waals surface area contributed by atoms with Gasteiger partial charge in [-0.3, -0.25) is 4.79 Å². The molecule has 0 spiro atoms. The molecule has 1 saturated carbocycles. The Bertz CT molecular complexity index is 339. The molecule has 1 aliphatic rings. The Morgan fingerprint density at radius 3 is 2.62 bits per heavy atom. The van der Waals surface area contributed by atoms with Crippen LogP contribution >= 0.6 is 0 Å². The highest BCUT2D eigenvalue weighted by Gasteiger charge is 2.51. The number of hydrogen-bond acceptors (Lipinski definition) is 2. The molecule has 0 aromatic heterocycles. The molecule has 1 aliphatic carbocycles. The predicted molar refractivity (Wildman–Crippen MR) is 66.1 cm³/mol. The van der Waals surface area contributed by atoms with Gasteiger partial charge in [0.2, 0.25) is 0 Å². The molecule has 2 unspecified atom stereocenters. The predicted octanol–water partition coefficient (Wildman–Crippen LogP) is 2.88. The summed E-state index contributed by atoms with van der Waals surface area (Å²) in [4.78, 5) is 11.7. The molecule has 2 nitrogen and oxygen atoms in total. The molecule has 0 bridgehead atoms. The van der Waals surface area contributed by atoms with E-state index in [-0.39, 0.29) is 17.1 Å². The minimum absolute atomic E-state index is 0.146. The Morgan fingerprint density at radius 2 is 2.12 bits per heavy atom. The van der Waals surface area contributed by atoms with E-state index >= 15 is 0 Å². The van der Waals surface area contributed by atoms with Crippen molar-refractivity contribution >= 4 is 5.78 Å². The highest BCUT2D eigenvalue weighted by Crippen LogP contribution is 2.46. The van der Waals surface area contributed by atoms with Crippen molar-refractivity contribution in [3.8, 4) is 0 Å². The van der Waals surface area contributed by atoms with Gasteiger partial charge in [-0.2, -0.15) is 0 Å². The summed E-state index contributed by atoms with van der Waals surface area (Å²) in [5.41, 5.74) is -0.442. The Labute approximate surface area is 98.1 Å². The topological polar surface area (TPSA) is 37.3 Å². The van der Waals surface area contributed by atoms with E-state index in [1.165, 1.54) is 0 Å². The first-order valence-corrected chi connectivity index (χ1v) is 5.80. The molecule has 2 heteroatoms. The quantitative estimate of drug-likeness (QED) is 0.729. The van der Waals surface area contributed by atoms with E-state index in [1.807, 2.05) is 27.7 Å². The summed E-state index contributed by atoms with van der Waals surface area (Å²) >= 11 is 0. The first kappa shape index (κ1) is 13.2. The molecule has 0 aliphatic heterocycles. The number of allylic oxidation sites excluding steroid dienone is 2. The van der Waals surface area contributed by atoms with Crippen LogP contribution in [0, 0.1) is 11.3 Å². The van der Waals surface area contributed by atoms with Gasteiger partial charge < -0.3 is 5.11 Å². The molecule has 0 saturated heterocycles. The van der Waals surface area contributed by atoms with E-state index in [9.17, 15) is 9.90 Å². The maximum Gasteiger partial charge on any atom is 0.138 e. The lowest BCUT2D eigenvalue weighted by Crippen LogP contribution is -2.54. The van der Waals surface area contributed by atoms with Gasteiger partial charge in [-0.1, -0.05) is 45.1 Å². The zero-order valence-corrected chi connectivity index (χ0v) is 10.7. The second-order valence-electron chi connectivity index (χ2n) is 5.58. The summed E-state index contributed by atoms with van der Waals surface area (Å²) in [6.45, 7) is 11.5. The summed E-state index contributed by atoms with van der Waals surface area (Å²) < 4.78 is 0. The van der Waals surface area contributed by atoms with Crippen LogP contribution in [0.15, 0.2) is 24.3 Å². The number of ketones is 1. The van der Waals surface area contributed by atoms with Gasteiger partial charge in [-0.25, -0.2) is 0 Å². The molecule has 0 radical (unpaired) electrons. The van der Waals surface area contributed by atoms with E-state index < -0.39 is 5.60 Å². The van der Waals surface area contributed by atoms with Gasteiger partial charge in [-0.05, 0) is 18.8 Å². The van der Waals surface area contributed by atoms with Gasteiger partial charge >= 0.3 is 0 Å². The number of rotatable bonds is 2. The lowest BCUT2D eigenvalue weighted by Gasteiger charge is -2.48. The number of carbonyl (C=O) groups is 1. The average Bonchev–Trinajstić information content (AvgIpc) is 2.19. The van der Waals surface area contributed by atoms with Crippen molar-refractivity contribution < 1.29 is 9.90 Å². The minimum Gasteiger partial charge on any atom is -0.384 e. The maximum absolute atomic E-state index is 11.7. The van der Waals surface area contributed by atoms with E-state index in [4.69, 9.17) is 0 Å². The first-order valence-electron chi connectivity index (χ1n) is 5.80. The van der Waals surface area contributed by atoms with Gasteiger partial charge in [0.25, 0.3) is 0 Å². The minimum atomic E-state index is -1.05. The molecular formula is C14H22O2. The van der Waals surface area contributed by atoms with Crippen molar-refractivity contribution in [1.82, 2.24) is 0 Å². The summed E-state index contributed by atoms with van der Waals surface area (Å²) in [6.07, 6.45) is 4.85. The lowest BCUT2D eigenvalue weighted by atomic mass is 9.60. The summed E-state index contributed by atoms with van der Waals surface area (Å²) in [5, 5.41) is 10.7. The number of hydrogen-bond donors (Lipinski definition) is 1. The van der Waals surface area contributed by atoms with Crippen molar-refractivity contribution in [2.45, 2.75) is 46.1 Å². The van der Waals surface area contributed by atoms with Gasteiger partial charge in [0.05, 0.1) is 5.60 Å². The van der Waals surface area contributed by atoms with Crippen LogP contribution < -0.4 is 0 Å². The van der Waals surface area contributed by atoms with Gasteiger partial charge in [0.15, 0.2) is 0 Å². The normalized spacial score (nSPS) is 34.3. The Balaban J connectivity index is 3.11. The van der Waals surface area contributed by atoms with Crippen LogP contribution in [0.1, 0.15) is 40.5 Å². The lowest BCUT2D eigenvalue weighted by molar-refractivity contribution is -0.147. The largest absolute Gasteiger partial charge is 0.384 e. The Hall–Kier alpha value is -0.890. The fourth-order valence-electron chi connectivity index (χ4n) is 2.32. The fourth-order valence-corrected chi connectivity index (χ4v) is 2.32. The Kier molecular flexibility index (Phi) is 3.44. The monoisotopic (exact) mass is 222 g/mol. The third kappa shape index (κ3) is 2.12. The molecule has 0 amide bonds. The Morgan fingerprint density at radius 1 is 1.56 bits per heavy atom. The highest BCUT2D eigenvalue weighted by molar-refractivity contribution is 5.83. The van der Waals surface area contributed by atoms with Crippen LogP contribution in [-0.2, 0) is 4.79 Å². The maximum atomic E-state index is 11.7. The van der Waals surface area contributed by atoms with Crippen LogP contribution in [-0.4, -0.2) is 16.5 Å². The number of Topliss-reactive ketones (excluding diaryl/α,β-unsaturated/α-hetero) is 1. The standard InChI is InChI=1S/C14H22O2/c1-10(2)6-9-14(16)11(3)12(15)7-8-13(14,4)5/h6,9,11,16H,1,7-8H2,2-5H3/b9-6+. The van der Waals surface area contributed by atoms with Gasteiger partial charge in [-0.15, -0.1) is 0 Å². The smallest absolute Gasteiger partial charge is 0.138 e. The van der Waals surface area contributed by atoms with Crippen molar-refractivity contribution in [2.75, 3.05) is 0 Å². The first-order chi connectivity index (χ1) is 7.21. The number of carbonyl (C=O) groups excluding carboxylic acids is 1. The summed E-state index contributed by atoms with van der Waals surface area (Å²) in [6, 6.07) is 0. The van der Waals surface area contributed by atoms with Gasteiger partial charge in [0, 0.05) is 12.3 Å². The summed E-state index contributed by atoms with van der Waals surface area (Å²) in [5.74, 6) is -0.194. The third-order valence-corrected chi connectivity index (χ3v) is 3.85. The van der Waals surface area contributed by atoms with E-state index in [1.54, 1.807) is 12.2 Å². The zero-order chi connectivity index (χ0) is 12.6. The summed E-state index contributed by atoms with van der Waals surface area (Å²) in [7, 11) is 0. The molecule has 0 aromatic carbocycles. The second kappa shape index (κ2) is 4.17. The molecular weight excluding hydrogens is 200 g/mol. The third-order valence-electron chi connectivity index (χ3n) is 3.85. The molecule has 16 heavy (non-hydrogen) atoms. The highest BCUT2D eigenvalue weighted by atomic mass is 16.3. The average molecular weight is 222 g/mol.